The van der Waals surface area contributed by atoms with Crippen molar-refractivity contribution in [3.8, 4) is 0 Å². The first-order valence-electron chi connectivity index (χ1n) is 7.10. The van der Waals surface area contributed by atoms with Crippen LogP contribution in [0.25, 0.3) is 0 Å². The van der Waals surface area contributed by atoms with Crippen molar-refractivity contribution in [1.82, 2.24) is 5.32 Å². The van der Waals surface area contributed by atoms with Crippen LogP contribution in [0.1, 0.15) is 20.8 Å². The van der Waals surface area contributed by atoms with Crippen LogP contribution in [0.5, 0.6) is 0 Å². The Morgan fingerprint density at radius 2 is 1.71 bits per heavy atom. The second-order valence-corrected chi connectivity index (χ2v) is 4.73. The Hall–Kier alpha value is -2.08. The quantitative estimate of drug-likeness (QED) is 0.683. The van der Waals surface area contributed by atoms with Gasteiger partial charge in [-0.2, -0.15) is 0 Å². The van der Waals surface area contributed by atoms with E-state index in [0.29, 0.717) is 5.69 Å². The Kier molecular flexibility index (Phi) is 6.68. The number of anilines is 2. The van der Waals surface area contributed by atoms with Gasteiger partial charge in [0.15, 0.2) is 0 Å². The minimum absolute atomic E-state index is 0.0488. The summed E-state index contributed by atoms with van der Waals surface area (Å²) in [5.74, 6) is -1.50. The molecule has 0 aromatic heterocycles. The number of hydrogen-bond donors (Lipinski definition) is 3. The highest BCUT2D eigenvalue weighted by Gasteiger charge is 2.14. The third-order valence-electron chi connectivity index (χ3n) is 3.02. The van der Waals surface area contributed by atoms with Crippen molar-refractivity contribution < 1.29 is 14.7 Å². The van der Waals surface area contributed by atoms with Crippen LogP contribution < -0.4 is 15.5 Å². The molecule has 0 saturated carbocycles. The summed E-state index contributed by atoms with van der Waals surface area (Å²) in [6.45, 7) is 7.54. The predicted octanol–water partition coefficient (Wildman–Crippen LogP) is 0.968. The van der Waals surface area contributed by atoms with E-state index in [4.69, 9.17) is 5.11 Å². The zero-order valence-electron chi connectivity index (χ0n) is 12.7. The van der Waals surface area contributed by atoms with E-state index in [1.54, 1.807) is 12.1 Å². The molecular formula is C15H23N3O3. The maximum atomic E-state index is 11.6. The Balaban J connectivity index is 2.59. The van der Waals surface area contributed by atoms with Gasteiger partial charge in [-0.05, 0) is 45.0 Å². The maximum absolute atomic E-state index is 11.6. The van der Waals surface area contributed by atoms with E-state index in [1.807, 2.05) is 12.1 Å². The molecule has 0 radical (unpaired) electrons. The number of nitrogens with zero attached hydrogens (tertiary/aromatic N) is 1. The number of carbonyl (C=O) groups is 2. The molecule has 1 rings (SSSR count). The fraction of sp³-hybridized carbons (Fsp3) is 0.467. The lowest BCUT2D eigenvalue weighted by molar-refractivity contribution is -0.136. The number of nitrogens with one attached hydrogen (secondary N) is 2. The number of rotatable bonds is 6. The summed E-state index contributed by atoms with van der Waals surface area (Å²) in [7, 11) is 0. The van der Waals surface area contributed by atoms with Gasteiger partial charge >= 0.3 is 11.8 Å². The SMILES string of the molecule is CCN(CC)c1ccc(NC(=O)C(=O)NCC(C)O)cc1. The standard InChI is InChI=1S/C15H23N3O3/c1-4-18(5-2)13-8-6-12(7-9-13)17-15(21)14(20)16-10-11(3)19/h6-9,11,19H,4-5,10H2,1-3H3,(H,16,20)(H,17,21). The highest BCUT2D eigenvalue weighted by Crippen LogP contribution is 2.17. The van der Waals surface area contributed by atoms with E-state index < -0.39 is 17.9 Å². The van der Waals surface area contributed by atoms with Gasteiger partial charge in [0.1, 0.15) is 0 Å². The van der Waals surface area contributed by atoms with Gasteiger partial charge in [0.25, 0.3) is 0 Å². The van der Waals surface area contributed by atoms with Gasteiger partial charge in [0.05, 0.1) is 6.10 Å². The Morgan fingerprint density at radius 3 is 2.19 bits per heavy atom. The second kappa shape index (κ2) is 8.26. The van der Waals surface area contributed by atoms with Crippen molar-refractivity contribution in [1.29, 1.82) is 0 Å². The molecule has 3 N–H and O–H groups in total. The molecule has 1 aromatic carbocycles. The number of aliphatic hydroxyl groups excluding tert-OH is 1. The fourth-order valence-electron chi connectivity index (χ4n) is 1.85. The minimum Gasteiger partial charge on any atom is -0.392 e. The molecule has 0 heterocycles. The fourth-order valence-corrected chi connectivity index (χ4v) is 1.85. The van der Waals surface area contributed by atoms with Crippen molar-refractivity contribution in [2.24, 2.45) is 0 Å². The molecule has 2 amide bonds. The van der Waals surface area contributed by atoms with Crippen LogP contribution in [0.2, 0.25) is 0 Å². The summed E-state index contributed by atoms with van der Waals surface area (Å²) < 4.78 is 0. The zero-order chi connectivity index (χ0) is 15.8. The van der Waals surface area contributed by atoms with Gasteiger partial charge in [-0.25, -0.2) is 0 Å². The summed E-state index contributed by atoms with van der Waals surface area (Å²) in [5, 5.41) is 13.9. The molecule has 0 spiro atoms. The molecule has 1 unspecified atom stereocenters. The normalized spacial score (nSPS) is 11.6. The van der Waals surface area contributed by atoms with E-state index in [0.717, 1.165) is 18.8 Å². The number of benzene rings is 1. The molecule has 0 fully saturated rings. The highest BCUT2D eigenvalue weighted by atomic mass is 16.3. The lowest BCUT2D eigenvalue weighted by Gasteiger charge is -2.21. The average Bonchev–Trinajstić information content (AvgIpc) is 2.47. The second-order valence-electron chi connectivity index (χ2n) is 4.73. The smallest absolute Gasteiger partial charge is 0.313 e. The lowest BCUT2D eigenvalue weighted by Crippen LogP contribution is -2.38. The molecule has 0 saturated heterocycles. The number of amides is 2. The van der Waals surface area contributed by atoms with Crippen molar-refractivity contribution >= 4 is 23.2 Å². The first kappa shape index (κ1) is 17.0. The van der Waals surface area contributed by atoms with Gasteiger partial charge in [-0.3, -0.25) is 9.59 Å². The molecule has 0 aliphatic rings. The Labute approximate surface area is 125 Å². The number of aliphatic hydroxyl groups is 1. The summed E-state index contributed by atoms with van der Waals surface area (Å²) in [5.41, 5.74) is 1.62. The first-order chi connectivity index (χ1) is 9.97. The van der Waals surface area contributed by atoms with Crippen LogP contribution in [0.15, 0.2) is 24.3 Å². The summed E-state index contributed by atoms with van der Waals surface area (Å²) >= 11 is 0. The molecule has 0 bridgehead atoms. The van der Waals surface area contributed by atoms with E-state index >= 15 is 0 Å². The lowest BCUT2D eigenvalue weighted by atomic mass is 10.2. The third kappa shape index (κ3) is 5.43. The highest BCUT2D eigenvalue weighted by molar-refractivity contribution is 6.39. The number of carbonyl (C=O) groups excluding carboxylic acids is 2. The summed E-state index contributed by atoms with van der Waals surface area (Å²) in [6.07, 6.45) is -0.685. The largest absolute Gasteiger partial charge is 0.392 e. The molecule has 1 atom stereocenters. The third-order valence-corrected chi connectivity index (χ3v) is 3.02. The Morgan fingerprint density at radius 1 is 1.14 bits per heavy atom. The molecule has 6 heteroatoms. The molecular weight excluding hydrogens is 270 g/mol. The van der Waals surface area contributed by atoms with Crippen LogP contribution in [-0.4, -0.2) is 42.7 Å². The van der Waals surface area contributed by atoms with Gasteiger partial charge in [0.2, 0.25) is 0 Å². The van der Waals surface area contributed by atoms with E-state index in [1.165, 1.54) is 6.92 Å². The van der Waals surface area contributed by atoms with E-state index in [9.17, 15) is 9.59 Å². The molecule has 6 nitrogen and oxygen atoms in total. The van der Waals surface area contributed by atoms with Crippen LogP contribution in [0, 0.1) is 0 Å². The van der Waals surface area contributed by atoms with E-state index in [-0.39, 0.29) is 6.54 Å². The predicted molar refractivity (Wildman–Crippen MR) is 83.3 cm³/mol. The van der Waals surface area contributed by atoms with Crippen molar-refractivity contribution in [2.75, 3.05) is 29.9 Å². The van der Waals surface area contributed by atoms with Gasteiger partial charge in [-0.15, -0.1) is 0 Å². The number of hydrogen-bond acceptors (Lipinski definition) is 4. The Bertz CT molecular complexity index is 468. The van der Waals surface area contributed by atoms with Crippen molar-refractivity contribution in [2.45, 2.75) is 26.9 Å². The first-order valence-corrected chi connectivity index (χ1v) is 7.10. The molecule has 0 aliphatic heterocycles. The molecule has 116 valence electrons. The molecule has 0 aliphatic carbocycles. The van der Waals surface area contributed by atoms with Crippen LogP contribution in [-0.2, 0) is 9.59 Å². The van der Waals surface area contributed by atoms with Crippen LogP contribution in [0.4, 0.5) is 11.4 Å². The topological polar surface area (TPSA) is 81.7 Å². The summed E-state index contributed by atoms with van der Waals surface area (Å²) in [4.78, 5) is 25.3. The van der Waals surface area contributed by atoms with Crippen LogP contribution >= 0.6 is 0 Å². The van der Waals surface area contributed by atoms with Gasteiger partial charge in [-0.1, -0.05) is 0 Å². The maximum Gasteiger partial charge on any atom is 0.313 e. The van der Waals surface area contributed by atoms with Crippen molar-refractivity contribution in [3.63, 3.8) is 0 Å². The minimum atomic E-state index is -0.760. The summed E-state index contributed by atoms with van der Waals surface area (Å²) in [6, 6.07) is 7.31. The molecule has 21 heavy (non-hydrogen) atoms. The van der Waals surface area contributed by atoms with Gasteiger partial charge in [0, 0.05) is 31.0 Å². The van der Waals surface area contributed by atoms with Gasteiger partial charge < -0.3 is 20.6 Å². The van der Waals surface area contributed by atoms with Crippen LogP contribution in [0.3, 0.4) is 0 Å². The monoisotopic (exact) mass is 293 g/mol. The van der Waals surface area contributed by atoms with Crippen molar-refractivity contribution in [3.05, 3.63) is 24.3 Å². The zero-order valence-corrected chi connectivity index (χ0v) is 12.7. The molecule has 1 aromatic rings. The average molecular weight is 293 g/mol. The van der Waals surface area contributed by atoms with E-state index in [2.05, 4.69) is 29.4 Å².